The number of aliphatic hydroxyl groups excluding tert-OH is 1. The number of hydrogen-bond donors (Lipinski definition) is 1. The summed E-state index contributed by atoms with van der Waals surface area (Å²) in [4.78, 5) is 0. The molecule has 98 valence electrons. The number of aryl methyl sites for hydroxylation is 1. The lowest BCUT2D eigenvalue weighted by atomic mass is 9.92. The smallest absolute Gasteiger partial charge is 0.118 e. The first-order chi connectivity index (χ1) is 8.76. The molecule has 0 saturated heterocycles. The molecule has 0 aliphatic heterocycles. The van der Waals surface area contributed by atoms with Crippen molar-refractivity contribution in [3.05, 3.63) is 29.8 Å². The third-order valence-corrected chi connectivity index (χ3v) is 4.71. The van der Waals surface area contributed by atoms with E-state index in [1.807, 2.05) is 12.1 Å². The molecule has 2 aliphatic rings. The monoisotopic (exact) mass is 246 g/mol. The standard InChI is InChI=1S/C16H22O2/c1-18-15-5-2-11(3-6-15)4-7-16(17)14-9-12-8-13(12)10-14/h2-3,5-6,12-14,16-17H,4,7-10H2,1H3. The first kappa shape index (κ1) is 12.0. The van der Waals surface area contributed by atoms with Crippen LogP contribution in [-0.2, 0) is 6.42 Å². The molecule has 3 atom stereocenters. The molecule has 2 aliphatic carbocycles. The van der Waals surface area contributed by atoms with Gasteiger partial charge in [-0.1, -0.05) is 12.1 Å². The number of aliphatic hydroxyl groups is 1. The van der Waals surface area contributed by atoms with E-state index < -0.39 is 0 Å². The van der Waals surface area contributed by atoms with Crippen LogP contribution in [0, 0.1) is 17.8 Å². The van der Waals surface area contributed by atoms with E-state index in [9.17, 15) is 5.11 Å². The molecule has 2 nitrogen and oxygen atoms in total. The average Bonchev–Trinajstić information content (AvgIpc) is 3.03. The van der Waals surface area contributed by atoms with Crippen LogP contribution in [0.3, 0.4) is 0 Å². The Hall–Kier alpha value is -1.02. The maximum atomic E-state index is 10.2. The summed E-state index contributed by atoms with van der Waals surface area (Å²) < 4.78 is 5.14. The van der Waals surface area contributed by atoms with Crippen molar-refractivity contribution in [2.75, 3.05) is 7.11 Å². The Bertz CT molecular complexity index is 388. The Morgan fingerprint density at radius 2 is 1.83 bits per heavy atom. The normalized spacial score (nSPS) is 30.9. The summed E-state index contributed by atoms with van der Waals surface area (Å²) >= 11 is 0. The summed E-state index contributed by atoms with van der Waals surface area (Å²) in [6.07, 6.45) is 5.75. The van der Waals surface area contributed by atoms with Crippen molar-refractivity contribution >= 4 is 0 Å². The third-order valence-electron chi connectivity index (χ3n) is 4.71. The summed E-state index contributed by atoms with van der Waals surface area (Å²) in [6.45, 7) is 0. The van der Waals surface area contributed by atoms with Gasteiger partial charge in [0.1, 0.15) is 5.75 Å². The second-order valence-corrected chi connectivity index (χ2v) is 5.94. The summed E-state index contributed by atoms with van der Waals surface area (Å²) in [6, 6.07) is 8.17. The molecule has 0 heterocycles. The van der Waals surface area contributed by atoms with Gasteiger partial charge in [0.25, 0.3) is 0 Å². The van der Waals surface area contributed by atoms with Crippen LogP contribution in [0.4, 0.5) is 0 Å². The SMILES string of the molecule is COc1ccc(CCC(O)C2CC3CC3C2)cc1. The Morgan fingerprint density at radius 3 is 2.44 bits per heavy atom. The van der Waals surface area contributed by atoms with Gasteiger partial charge in [0.15, 0.2) is 0 Å². The second-order valence-electron chi connectivity index (χ2n) is 5.94. The number of methoxy groups -OCH3 is 1. The van der Waals surface area contributed by atoms with Crippen molar-refractivity contribution in [2.45, 2.75) is 38.2 Å². The fourth-order valence-electron chi connectivity index (χ4n) is 3.42. The van der Waals surface area contributed by atoms with Gasteiger partial charge in [-0.3, -0.25) is 0 Å². The highest BCUT2D eigenvalue weighted by Gasteiger charge is 2.47. The van der Waals surface area contributed by atoms with E-state index >= 15 is 0 Å². The molecular formula is C16H22O2. The van der Waals surface area contributed by atoms with Crippen LogP contribution >= 0.6 is 0 Å². The zero-order valence-electron chi connectivity index (χ0n) is 11.0. The number of hydrogen-bond acceptors (Lipinski definition) is 2. The summed E-state index contributed by atoms with van der Waals surface area (Å²) in [5.74, 6) is 3.40. The van der Waals surface area contributed by atoms with Gasteiger partial charge in [-0.05, 0) is 67.6 Å². The lowest BCUT2D eigenvalue weighted by molar-refractivity contribution is 0.0955. The average molecular weight is 246 g/mol. The van der Waals surface area contributed by atoms with E-state index in [4.69, 9.17) is 4.74 Å². The molecule has 0 radical (unpaired) electrons. The highest BCUT2D eigenvalue weighted by Crippen LogP contribution is 2.55. The van der Waals surface area contributed by atoms with Crippen LogP contribution in [-0.4, -0.2) is 18.3 Å². The molecule has 3 unspecified atom stereocenters. The highest BCUT2D eigenvalue weighted by atomic mass is 16.5. The molecule has 2 fully saturated rings. The van der Waals surface area contributed by atoms with Crippen molar-refractivity contribution in [2.24, 2.45) is 17.8 Å². The molecule has 1 N–H and O–H groups in total. The van der Waals surface area contributed by atoms with Gasteiger partial charge in [0.05, 0.1) is 13.2 Å². The number of fused-ring (bicyclic) bond motifs is 1. The van der Waals surface area contributed by atoms with Crippen LogP contribution in [0.2, 0.25) is 0 Å². The molecule has 0 aromatic heterocycles. The summed E-state index contributed by atoms with van der Waals surface area (Å²) in [7, 11) is 1.68. The lowest BCUT2D eigenvalue weighted by Crippen LogP contribution is -2.19. The number of ether oxygens (including phenoxy) is 1. The van der Waals surface area contributed by atoms with Gasteiger partial charge in [-0.15, -0.1) is 0 Å². The fourth-order valence-corrected chi connectivity index (χ4v) is 3.42. The molecule has 1 aromatic rings. The summed E-state index contributed by atoms with van der Waals surface area (Å²) in [5.41, 5.74) is 1.29. The van der Waals surface area contributed by atoms with Crippen molar-refractivity contribution in [1.29, 1.82) is 0 Å². The largest absolute Gasteiger partial charge is 0.497 e. The van der Waals surface area contributed by atoms with Gasteiger partial charge in [-0.25, -0.2) is 0 Å². The van der Waals surface area contributed by atoms with Gasteiger partial charge in [-0.2, -0.15) is 0 Å². The minimum atomic E-state index is -0.0973. The Kier molecular flexibility index (Phi) is 3.29. The molecule has 0 amide bonds. The Morgan fingerprint density at radius 1 is 1.17 bits per heavy atom. The van der Waals surface area contributed by atoms with Gasteiger partial charge >= 0.3 is 0 Å². The van der Waals surface area contributed by atoms with Crippen molar-refractivity contribution < 1.29 is 9.84 Å². The first-order valence-electron chi connectivity index (χ1n) is 7.07. The topological polar surface area (TPSA) is 29.5 Å². The van der Waals surface area contributed by atoms with Crippen molar-refractivity contribution in [3.8, 4) is 5.75 Å². The maximum absolute atomic E-state index is 10.2. The molecule has 2 heteroatoms. The third kappa shape index (κ3) is 2.54. The second kappa shape index (κ2) is 4.93. The highest BCUT2D eigenvalue weighted by molar-refractivity contribution is 5.27. The Balaban J connectivity index is 1.47. The Labute approximate surface area is 109 Å². The maximum Gasteiger partial charge on any atom is 0.118 e. The van der Waals surface area contributed by atoms with Gasteiger partial charge < -0.3 is 9.84 Å². The molecule has 18 heavy (non-hydrogen) atoms. The first-order valence-corrected chi connectivity index (χ1v) is 7.07. The van der Waals surface area contributed by atoms with Crippen LogP contribution in [0.25, 0.3) is 0 Å². The van der Waals surface area contributed by atoms with E-state index in [1.54, 1.807) is 7.11 Å². The van der Waals surface area contributed by atoms with Gasteiger partial charge in [0.2, 0.25) is 0 Å². The van der Waals surface area contributed by atoms with E-state index in [1.165, 1.54) is 24.8 Å². The van der Waals surface area contributed by atoms with Gasteiger partial charge in [0, 0.05) is 0 Å². The zero-order chi connectivity index (χ0) is 12.5. The van der Waals surface area contributed by atoms with Crippen molar-refractivity contribution in [3.63, 3.8) is 0 Å². The minimum absolute atomic E-state index is 0.0973. The van der Waals surface area contributed by atoms with E-state index in [0.717, 1.165) is 30.4 Å². The lowest BCUT2D eigenvalue weighted by Gasteiger charge is -2.19. The van der Waals surface area contributed by atoms with Crippen LogP contribution in [0.5, 0.6) is 5.75 Å². The molecule has 0 bridgehead atoms. The molecule has 0 spiro atoms. The molecule has 2 saturated carbocycles. The fraction of sp³-hybridized carbons (Fsp3) is 0.625. The van der Waals surface area contributed by atoms with Crippen LogP contribution < -0.4 is 4.74 Å². The number of benzene rings is 1. The molecular weight excluding hydrogens is 224 g/mol. The predicted molar refractivity (Wildman–Crippen MR) is 71.6 cm³/mol. The van der Waals surface area contributed by atoms with E-state index in [0.29, 0.717) is 5.92 Å². The molecule has 3 rings (SSSR count). The van der Waals surface area contributed by atoms with Crippen LogP contribution in [0.15, 0.2) is 24.3 Å². The minimum Gasteiger partial charge on any atom is -0.497 e. The van der Waals surface area contributed by atoms with Crippen LogP contribution in [0.1, 0.15) is 31.2 Å². The van der Waals surface area contributed by atoms with Crippen molar-refractivity contribution in [1.82, 2.24) is 0 Å². The van der Waals surface area contributed by atoms with E-state index in [2.05, 4.69) is 12.1 Å². The zero-order valence-corrected chi connectivity index (χ0v) is 11.0. The summed E-state index contributed by atoms with van der Waals surface area (Å²) in [5, 5.41) is 10.2. The van der Waals surface area contributed by atoms with E-state index in [-0.39, 0.29) is 6.10 Å². The number of rotatable bonds is 5. The quantitative estimate of drug-likeness (QED) is 0.865. The predicted octanol–water partition coefficient (Wildman–Crippen LogP) is 3.03. The molecule has 1 aromatic carbocycles.